The molecule has 0 aliphatic carbocycles. The van der Waals surface area contributed by atoms with Gasteiger partial charge in [-0.25, -0.2) is 0 Å². The summed E-state index contributed by atoms with van der Waals surface area (Å²) in [6.07, 6.45) is 2.93. The molecule has 0 saturated carbocycles. The van der Waals surface area contributed by atoms with E-state index in [1.165, 1.54) is 0 Å². The Morgan fingerprint density at radius 1 is 1.53 bits per heavy atom. The van der Waals surface area contributed by atoms with Crippen LogP contribution >= 0.6 is 11.6 Å². The van der Waals surface area contributed by atoms with Crippen molar-refractivity contribution >= 4 is 11.6 Å². The van der Waals surface area contributed by atoms with Crippen LogP contribution < -0.4 is 0 Å². The van der Waals surface area contributed by atoms with Crippen molar-refractivity contribution in [1.82, 2.24) is 9.78 Å². The van der Waals surface area contributed by atoms with E-state index in [4.69, 9.17) is 11.6 Å². The van der Waals surface area contributed by atoms with Gasteiger partial charge in [0.25, 0.3) is 0 Å². The van der Waals surface area contributed by atoms with Crippen LogP contribution in [0, 0.1) is 5.92 Å². The molecule has 3 nitrogen and oxygen atoms in total. The Morgan fingerprint density at radius 3 is 2.73 bits per heavy atom. The highest BCUT2D eigenvalue weighted by molar-refractivity contribution is 6.31. The van der Waals surface area contributed by atoms with E-state index in [-0.39, 0.29) is 6.10 Å². The van der Waals surface area contributed by atoms with Gasteiger partial charge in [-0.05, 0) is 25.7 Å². The number of aromatic nitrogens is 2. The van der Waals surface area contributed by atoms with Gasteiger partial charge in [-0.1, -0.05) is 25.4 Å². The van der Waals surface area contributed by atoms with E-state index >= 15 is 0 Å². The van der Waals surface area contributed by atoms with Gasteiger partial charge in [-0.2, -0.15) is 5.10 Å². The van der Waals surface area contributed by atoms with Gasteiger partial charge in [0.05, 0.1) is 23.0 Å². The third-order valence-electron chi connectivity index (χ3n) is 2.64. The third-order valence-corrected chi connectivity index (χ3v) is 2.96. The number of hydrogen-bond acceptors (Lipinski definition) is 2. The minimum Gasteiger partial charge on any atom is -0.393 e. The first-order chi connectivity index (χ1) is 7.06. The molecule has 0 aliphatic heterocycles. The van der Waals surface area contributed by atoms with Crippen LogP contribution in [0.15, 0.2) is 6.20 Å². The molecule has 1 atom stereocenters. The van der Waals surface area contributed by atoms with Crippen molar-refractivity contribution in [3.8, 4) is 0 Å². The van der Waals surface area contributed by atoms with E-state index in [1.54, 1.807) is 6.20 Å². The van der Waals surface area contributed by atoms with Gasteiger partial charge in [0.2, 0.25) is 0 Å². The molecule has 0 spiro atoms. The summed E-state index contributed by atoms with van der Waals surface area (Å²) in [6, 6.07) is 0. The molecule has 0 aromatic carbocycles. The predicted molar refractivity (Wildman–Crippen MR) is 62.1 cm³/mol. The standard InChI is InChI=1S/C11H19ClN2O/c1-4-14-10(9(12)7-13-14)5-6-11(15)8(2)3/h7-8,11,15H,4-6H2,1-3H3. The van der Waals surface area contributed by atoms with Gasteiger partial charge in [0.1, 0.15) is 0 Å². The van der Waals surface area contributed by atoms with Crippen LogP contribution in [0.4, 0.5) is 0 Å². The Bertz CT molecular complexity index is 310. The molecule has 0 amide bonds. The van der Waals surface area contributed by atoms with Crippen LogP contribution in [0.3, 0.4) is 0 Å². The summed E-state index contributed by atoms with van der Waals surface area (Å²) in [5.74, 6) is 0.293. The zero-order valence-electron chi connectivity index (χ0n) is 9.57. The summed E-state index contributed by atoms with van der Waals surface area (Å²) in [4.78, 5) is 0. The molecule has 1 aromatic rings. The normalized spacial score (nSPS) is 13.5. The fourth-order valence-corrected chi connectivity index (χ4v) is 1.76. The lowest BCUT2D eigenvalue weighted by Gasteiger charge is -2.14. The molecule has 1 heterocycles. The van der Waals surface area contributed by atoms with Crippen molar-refractivity contribution in [2.75, 3.05) is 0 Å². The summed E-state index contributed by atoms with van der Waals surface area (Å²) in [6.45, 7) is 6.89. The van der Waals surface area contributed by atoms with Crippen molar-refractivity contribution in [3.05, 3.63) is 16.9 Å². The molecule has 15 heavy (non-hydrogen) atoms. The van der Waals surface area contributed by atoms with Crippen molar-refractivity contribution < 1.29 is 5.11 Å². The SMILES string of the molecule is CCn1ncc(Cl)c1CCC(O)C(C)C. The number of aryl methyl sites for hydroxylation is 1. The fraction of sp³-hybridized carbons (Fsp3) is 0.727. The van der Waals surface area contributed by atoms with Gasteiger partial charge in [0, 0.05) is 6.54 Å². The molecule has 86 valence electrons. The van der Waals surface area contributed by atoms with Gasteiger partial charge < -0.3 is 5.11 Å². The van der Waals surface area contributed by atoms with E-state index in [0.717, 1.165) is 25.1 Å². The summed E-state index contributed by atoms with van der Waals surface area (Å²) in [5, 5.41) is 14.6. The van der Waals surface area contributed by atoms with Crippen molar-refractivity contribution in [1.29, 1.82) is 0 Å². The second kappa shape index (κ2) is 5.52. The van der Waals surface area contributed by atoms with Gasteiger partial charge in [-0.15, -0.1) is 0 Å². The van der Waals surface area contributed by atoms with Crippen LogP contribution in [0.2, 0.25) is 5.02 Å². The number of aliphatic hydroxyl groups is 1. The van der Waals surface area contributed by atoms with Gasteiger partial charge >= 0.3 is 0 Å². The van der Waals surface area contributed by atoms with E-state index in [2.05, 4.69) is 5.10 Å². The minimum atomic E-state index is -0.263. The summed E-state index contributed by atoms with van der Waals surface area (Å²) in [5.41, 5.74) is 1.03. The topological polar surface area (TPSA) is 38.0 Å². The van der Waals surface area contributed by atoms with Gasteiger partial charge in [0.15, 0.2) is 0 Å². The maximum atomic E-state index is 9.71. The van der Waals surface area contributed by atoms with Crippen LogP contribution in [0.5, 0.6) is 0 Å². The number of aliphatic hydroxyl groups excluding tert-OH is 1. The fourth-order valence-electron chi connectivity index (χ4n) is 1.53. The molecular formula is C11H19ClN2O. The Kier molecular flexibility index (Phi) is 4.61. The molecule has 4 heteroatoms. The zero-order chi connectivity index (χ0) is 11.4. The zero-order valence-corrected chi connectivity index (χ0v) is 10.3. The predicted octanol–water partition coefficient (Wildman–Crippen LogP) is 2.51. The Balaban J connectivity index is 2.60. The van der Waals surface area contributed by atoms with Gasteiger partial charge in [-0.3, -0.25) is 4.68 Å². The average Bonchev–Trinajstić information content (AvgIpc) is 2.55. The Morgan fingerprint density at radius 2 is 2.20 bits per heavy atom. The van der Waals surface area contributed by atoms with Crippen LogP contribution in [0.25, 0.3) is 0 Å². The lowest BCUT2D eigenvalue weighted by atomic mass is 10.0. The molecule has 1 rings (SSSR count). The average molecular weight is 231 g/mol. The van der Waals surface area contributed by atoms with E-state index in [9.17, 15) is 5.11 Å². The molecule has 1 aromatic heterocycles. The molecule has 0 bridgehead atoms. The highest BCUT2D eigenvalue weighted by atomic mass is 35.5. The third kappa shape index (κ3) is 3.21. The summed E-state index contributed by atoms with van der Waals surface area (Å²) in [7, 11) is 0. The van der Waals surface area contributed by atoms with Crippen molar-refractivity contribution in [2.45, 2.75) is 46.3 Å². The first-order valence-corrected chi connectivity index (χ1v) is 5.82. The second-order valence-electron chi connectivity index (χ2n) is 4.11. The Hall–Kier alpha value is -0.540. The van der Waals surface area contributed by atoms with Crippen LogP contribution in [-0.2, 0) is 13.0 Å². The number of nitrogens with zero attached hydrogens (tertiary/aromatic N) is 2. The number of rotatable bonds is 5. The van der Waals surface area contributed by atoms with Crippen molar-refractivity contribution in [2.24, 2.45) is 5.92 Å². The molecule has 1 unspecified atom stereocenters. The minimum absolute atomic E-state index is 0.263. The molecule has 1 N–H and O–H groups in total. The monoisotopic (exact) mass is 230 g/mol. The lowest BCUT2D eigenvalue weighted by Crippen LogP contribution is -2.16. The van der Waals surface area contributed by atoms with E-state index in [0.29, 0.717) is 10.9 Å². The lowest BCUT2D eigenvalue weighted by molar-refractivity contribution is 0.116. The Labute approximate surface area is 96.1 Å². The first kappa shape index (κ1) is 12.5. The smallest absolute Gasteiger partial charge is 0.0817 e. The van der Waals surface area contributed by atoms with Crippen LogP contribution in [0.1, 0.15) is 32.9 Å². The van der Waals surface area contributed by atoms with Crippen LogP contribution in [-0.4, -0.2) is 21.0 Å². The largest absolute Gasteiger partial charge is 0.393 e. The molecular weight excluding hydrogens is 212 g/mol. The highest BCUT2D eigenvalue weighted by Crippen LogP contribution is 2.18. The van der Waals surface area contributed by atoms with Crippen molar-refractivity contribution in [3.63, 3.8) is 0 Å². The highest BCUT2D eigenvalue weighted by Gasteiger charge is 2.13. The maximum Gasteiger partial charge on any atom is 0.0817 e. The molecule has 0 radical (unpaired) electrons. The van der Waals surface area contributed by atoms with E-state index in [1.807, 2.05) is 25.5 Å². The summed E-state index contributed by atoms with van der Waals surface area (Å²) < 4.78 is 1.88. The van der Waals surface area contributed by atoms with E-state index < -0.39 is 0 Å². The second-order valence-corrected chi connectivity index (χ2v) is 4.51. The molecule has 0 saturated heterocycles. The molecule has 0 fully saturated rings. The first-order valence-electron chi connectivity index (χ1n) is 5.44. The number of hydrogen-bond donors (Lipinski definition) is 1. The molecule has 0 aliphatic rings. The summed E-state index contributed by atoms with van der Waals surface area (Å²) >= 11 is 6.02. The maximum absolute atomic E-state index is 9.71. The quantitative estimate of drug-likeness (QED) is 0.844. The number of halogens is 1.